The molecular formula is C26H18Br2N2O2S. The van der Waals surface area contributed by atoms with E-state index in [9.17, 15) is 8.42 Å². The first kappa shape index (κ1) is 23.3. The average Bonchev–Trinajstić information content (AvgIpc) is 2.82. The number of hydrogen-bond acceptors (Lipinski definition) is 4. The van der Waals surface area contributed by atoms with Gasteiger partial charge < -0.3 is 0 Å². The molecule has 0 aliphatic carbocycles. The molecule has 164 valence electrons. The highest BCUT2D eigenvalue weighted by Crippen LogP contribution is 2.25. The lowest BCUT2D eigenvalue weighted by Crippen LogP contribution is -2.01. The molecule has 4 aromatic carbocycles. The predicted octanol–water partition coefficient (Wildman–Crippen LogP) is 7.55. The number of hydrogen-bond donors (Lipinski definition) is 0. The Kier molecular flexibility index (Phi) is 7.33. The summed E-state index contributed by atoms with van der Waals surface area (Å²) in [5, 5.41) is 0. The van der Waals surface area contributed by atoms with Gasteiger partial charge >= 0.3 is 0 Å². The van der Waals surface area contributed by atoms with Crippen LogP contribution in [0.25, 0.3) is 0 Å². The molecule has 0 amide bonds. The van der Waals surface area contributed by atoms with Crippen LogP contribution in [0.4, 0.5) is 11.4 Å². The van der Waals surface area contributed by atoms with Crippen LogP contribution < -0.4 is 0 Å². The highest BCUT2D eigenvalue weighted by molar-refractivity contribution is 9.10. The molecule has 0 aliphatic rings. The summed E-state index contributed by atoms with van der Waals surface area (Å²) >= 11 is 6.86. The summed E-state index contributed by atoms with van der Waals surface area (Å²) < 4.78 is 27.9. The van der Waals surface area contributed by atoms with Gasteiger partial charge in [0, 0.05) is 21.4 Å². The van der Waals surface area contributed by atoms with Crippen molar-refractivity contribution in [2.75, 3.05) is 0 Å². The minimum absolute atomic E-state index is 0.217. The van der Waals surface area contributed by atoms with E-state index in [4.69, 9.17) is 0 Å². The van der Waals surface area contributed by atoms with E-state index in [1.54, 1.807) is 61.0 Å². The molecule has 4 nitrogen and oxygen atoms in total. The van der Waals surface area contributed by atoms with Crippen molar-refractivity contribution in [2.45, 2.75) is 9.79 Å². The van der Waals surface area contributed by atoms with Crippen molar-refractivity contribution in [1.82, 2.24) is 0 Å². The molecule has 0 unspecified atom stereocenters. The summed E-state index contributed by atoms with van der Waals surface area (Å²) in [6, 6.07) is 28.6. The SMILES string of the molecule is O=S(=O)(c1ccc(N=Cc2cccc(Br)c2)cc1)c1ccc(N=Cc2cccc(Br)c2)cc1. The fraction of sp³-hybridized carbons (Fsp3) is 0. The molecule has 4 aromatic rings. The van der Waals surface area contributed by atoms with Crippen LogP contribution >= 0.6 is 31.9 Å². The van der Waals surface area contributed by atoms with Crippen LogP contribution in [-0.4, -0.2) is 20.8 Å². The van der Waals surface area contributed by atoms with Gasteiger partial charge in [0.2, 0.25) is 9.84 Å². The zero-order valence-electron chi connectivity index (χ0n) is 17.3. The molecule has 0 N–H and O–H groups in total. The Hall–Kier alpha value is -2.87. The Morgan fingerprint density at radius 3 is 1.33 bits per heavy atom. The number of benzene rings is 4. The molecule has 0 saturated carbocycles. The van der Waals surface area contributed by atoms with E-state index >= 15 is 0 Å². The largest absolute Gasteiger partial charge is 0.256 e. The van der Waals surface area contributed by atoms with Gasteiger partial charge in [0.15, 0.2) is 0 Å². The van der Waals surface area contributed by atoms with E-state index in [1.807, 2.05) is 48.5 Å². The van der Waals surface area contributed by atoms with E-state index in [0.29, 0.717) is 11.4 Å². The lowest BCUT2D eigenvalue weighted by atomic mass is 10.2. The third kappa shape index (κ3) is 6.13. The van der Waals surface area contributed by atoms with E-state index in [0.717, 1.165) is 20.1 Å². The van der Waals surface area contributed by atoms with Crippen molar-refractivity contribution >= 4 is 65.5 Å². The molecule has 0 fully saturated rings. The van der Waals surface area contributed by atoms with Crippen molar-refractivity contribution in [3.8, 4) is 0 Å². The third-order valence-corrected chi connectivity index (χ3v) is 7.49. The van der Waals surface area contributed by atoms with Gasteiger partial charge in [0.05, 0.1) is 21.2 Å². The molecule has 0 atom stereocenters. The zero-order chi connectivity index (χ0) is 23.3. The molecule has 0 heterocycles. The van der Waals surface area contributed by atoms with Crippen LogP contribution in [0, 0.1) is 0 Å². The van der Waals surface area contributed by atoms with Gasteiger partial charge in [-0.2, -0.15) is 0 Å². The van der Waals surface area contributed by atoms with Gasteiger partial charge in [-0.1, -0.05) is 56.1 Å². The van der Waals surface area contributed by atoms with Crippen molar-refractivity contribution in [2.24, 2.45) is 9.98 Å². The lowest BCUT2D eigenvalue weighted by molar-refractivity contribution is 0.596. The predicted molar refractivity (Wildman–Crippen MR) is 141 cm³/mol. The maximum Gasteiger partial charge on any atom is 0.206 e. The second kappa shape index (κ2) is 10.4. The summed E-state index contributed by atoms with van der Waals surface area (Å²) in [6.07, 6.45) is 3.48. The molecule has 0 aliphatic heterocycles. The Morgan fingerprint density at radius 1 is 0.576 bits per heavy atom. The molecule has 0 radical (unpaired) electrons. The van der Waals surface area contributed by atoms with Gasteiger partial charge in [0.1, 0.15) is 0 Å². The normalized spacial score (nSPS) is 11.9. The van der Waals surface area contributed by atoms with Crippen LogP contribution in [0.3, 0.4) is 0 Å². The fourth-order valence-corrected chi connectivity index (χ4v) is 5.13. The van der Waals surface area contributed by atoms with Crippen molar-refractivity contribution in [3.05, 3.63) is 117 Å². The number of aliphatic imine (C=N–C) groups is 2. The van der Waals surface area contributed by atoms with Crippen LogP contribution in [0.2, 0.25) is 0 Å². The summed E-state index contributed by atoms with van der Waals surface area (Å²) in [5.41, 5.74) is 3.24. The van der Waals surface area contributed by atoms with Crippen molar-refractivity contribution in [3.63, 3.8) is 0 Å². The molecule has 0 spiro atoms. The van der Waals surface area contributed by atoms with Gasteiger partial charge in [-0.3, -0.25) is 9.98 Å². The summed E-state index contributed by atoms with van der Waals surface area (Å²) in [5.74, 6) is 0. The third-order valence-electron chi connectivity index (χ3n) is 4.72. The molecule has 7 heteroatoms. The number of nitrogens with zero attached hydrogens (tertiary/aromatic N) is 2. The molecule has 4 rings (SSSR count). The van der Waals surface area contributed by atoms with E-state index < -0.39 is 9.84 Å². The fourth-order valence-electron chi connectivity index (χ4n) is 3.03. The first-order valence-electron chi connectivity index (χ1n) is 9.95. The van der Waals surface area contributed by atoms with Crippen molar-refractivity contribution < 1.29 is 8.42 Å². The Morgan fingerprint density at radius 2 is 0.970 bits per heavy atom. The van der Waals surface area contributed by atoms with Gasteiger partial charge in [-0.25, -0.2) is 8.42 Å². The van der Waals surface area contributed by atoms with Gasteiger partial charge in [0.25, 0.3) is 0 Å². The second-order valence-electron chi connectivity index (χ2n) is 7.12. The summed E-state index contributed by atoms with van der Waals surface area (Å²) in [7, 11) is -3.63. The minimum atomic E-state index is -3.63. The Balaban J connectivity index is 1.48. The second-order valence-corrected chi connectivity index (χ2v) is 10.9. The Bertz CT molecular complexity index is 1330. The zero-order valence-corrected chi connectivity index (χ0v) is 21.3. The summed E-state index contributed by atoms with van der Waals surface area (Å²) in [6.45, 7) is 0. The molecular weight excluding hydrogens is 564 g/mol. The van der Waals surface area contributed by atoms with Crippen LogP contribution in [-0.2, 0) is 9.84 Å². The maximum absolute atomic E-state index is 13.0. The number of sulfone groups is 1. The molecule has 0 bridgehead atoms. The number of halogens is 2. The van der Waals surface area contributed by atoms with E-state index in [-0.39, 0.29) is 9.79 Å². The van der Waals surface area contributed by atoms with Crippen LogP contribution in [0.5, 0.6) is 0 Å². The van der Waals surface area contributed by atoms with Crippen LogP contribution in [0.15, 0.2) is 126 Å². The smallest absolute Gasteiger partial charge is 0.206 e. The molecule has 0 saturated heterocycles. The van der Waals surface area contributed by atoms with Crippen molar-refractivity contribution in [1.29, 1.82) is 0 Å². The topological polar surface area (TPSA) is 58.9 Å². The van der Waals surface area contributed by atoms with E-state index in [2.05, 4.69) is 41.8 Å². The monoisotopic (exact) mass is 580 g/mol. The highest BCUT2D eigenvalue weighted by Gasteiger charge is 2.17. The standard InChI is InChI=1S/C26H18Br2N2O2S/c27-21-5-1-3-19(15-21)17-29-23-7-11-25(12-8-23)33(31,32)26-13-9-24(10-14-26)30-18-20-4-2-6-22(28)16-20/h1-18H. The highest BCUT2D eigenvalue weighted by atomic mass is 79.9. The minimum Gasteiger partial charge on any atom is -0.256 e. The first-order chi connectivity index (χ1) is 15.9. The quantitative estimate of drug-likeness (QED) is 0.221. The van der Waals surface area contributed by atoms with E-state index in [1.165, 1.54) is 0 Å². The average molecular weight is 582 g/mol. The van der Waals surface area contributed by atoms with Gasteiger partial charge in [-0.05, 0) is 83.9 Å². The maximum atomic E-state index is 13.0. The lowest BCUT2D eigenvalue weighted by Gasteiger charge is -2.05. The Labute approximate surface area is 209 Å². The number of rotatable bonds is 6. The summed E-state index contributed by atoms with van der Waals surface area (Å²) in [4.78, 5) is 9.27. The van der Waals surface area contributed by atoms with Crippen LogP contribution in [0.1, 0.15) is 11.1 Å². The molecule has 33 heavy (non-hydrogen) atoms. The van der Waals surface area contributed by atoms with Gasteiger partial charge in [-0.15, -0.1) is 0 Å². The molecule has 0 aromatic heterocycles. The first-order valence-corrected chi connectivity index (χ1v) is 13.0.